The predicted octanol–water partition coefficient (Wildman–Crippen LogP) is 3.22. The molecule has 0 spiro atoms. The maximum atomic E-state index is 12.1. The Balaban J connectivity index is 1.60. The Morgan fingerprint density at radius 2 is 1.54 bits per heavy atom. The van der Waals surface area contributed by atoms with Gasteiger partial charge in [-0.1, -0.05) is 30.0 Å². The Hall–Kier alpha value is -2.90. The van der Waals surface area contributed by atoms with Crippen LogP contribution in [0.1, 0.15) is 73.6 Å². The molecule has 0 unspecified atom stereocenters. The van der Waals surface area contributed by atoms with E-state index in [9.17, 15) is 19.2 Å². The molecular formula is C20H26N2O6. The second-order valence-electron chi connectivity index (χ2n) is 7.51. The number of rotatable bonds is 8. The van der Waals surface area contributed by atoms with Gasteiger partial charge >= 0.3 is 12.1 Å². The lowest BCUT2D eigenvalue weighted by Crippen LogP contribution is -2.33. The normalized spacial score (nSPS) is 13.3. The predicted molar refractivity (Wildman–Crippen MR) is 100 cm³/mol. The van der Waals surface area contributed by atoms with Crippen molar-refractivity contribution in [1.29, 1.82) is 0 Å². The fourth-order valence-electron chi connectivity index (χ4n) is 2.65. The molecule has 0 radical (unpaired) electrons. The van der Waals surface area contributed by atoms with Crippen molar-refractivity contribution in [3.63, 3.8) is 0 Å². The molecule has 8 nitrogen and oxygen atoms in total. The molecule has 28 heavy (non-hydrogen) atoms. The van der Waals surface area contributed by atoms with Crippen molar-refractivity contribution >= 4 is 23.9 Å². The Labute approximate surface area is 164 Å². The first-order chi connectivity index (χ1) is 13.2. The van der Waals surface area contributed by atoms with Crippen molar-refractivity contribution in [3.8, 4) is 0 Å². The standard InChI is InChI=1S/C20H26N2O6/c1-20(2,3)27-19(26)21-13-9-5-4-6-12-16(23)28-22-17(24)14-10-7-8-11-15(14)18(22)25/h7-8,10-11H,4-6,9,12-13H2,1-3H3,(H,21,26). The largest absolute Gasteiger partial charge is 0.444 e. The highest BCUT2D eigenvalue weighted by atomic mass is 16.7. The number of carbonyl (C=O) groups excluding carboxylic acids is 4. The van der Waals surface area contributed by atoms with Gasteiger partial charge in [0.05, 0.1) is 11.1 Å². The summed E-state index contributed by atoms with van der Waals surface area (Å²) in [6.45, 7) is 5.89. The number of hydroxylamine groups is 2. The summed E-state index contributed by atoms with van der Waals surface area (Å²) in [7, 11) is 0. The first-order valence-electron chi connectivity index (χ1n) is 9.34. The van der Waals surface area contributed by atoms with Crippen LogP contribution >= 0.6 is 0 Å². The van der Waals surface area contributed by atoms with E-state index >= 15 is 0 Å². The van der Waals surface area contributed by atoms with Gasteiger partial charge in [0, 0.05) is 13.0 Å². The van der Waals surface area contributed by atoms with Gasteiger partial charge in [-0.05, 0) is 45.7 Å². The van der Waals surface area contributed by atoms with Gasteiger partial charge in [-0.3, -0.25) is 9.59 Å². The first-order valence-corrected chi connectivity index (χ1v) is 9.34. The number of benzene rings is 1. The van der Waals surface area contributed by atoms with Crippen molar-refractivity contribution < 1.29 is 28.8 Å². The van der Waals surface area contributed by atoms with E-state index < -0.39 is 29.5 Å². The molecule has 0 saturated heterocycles. The van der Waals surface area contributed by atoms with Crippen LogP contribution in [-0.2, 0) is 14.4 Å². The molecule has 1 aliphatic rings. The molecule has 152 valence electrons. The molecule has 0 atom stereocenters. The van der Waals surface area contributed by atoms with Gasteiger partial charge in [-0.25, -0.2) is 9.59 Å². The number of alkyl carbamates (subject to hydrolysis) is 1. The number of ether oxygens (including phenoxy) is 1. The summed E-state index contributed by atoms with van der Waals surface area (Å²) in [5, 5.41) is 3.20. The Kier molecular flexibility index (Phi) is 7.14. The Morgan fingerprint density at radius 1 is 0.964 bits per heavy atom. The van der Waals surface area contributed by atoms with Crippen LogP contribution in [0.4, 0.5) is 4.79 Å². The lowest BCUT2D eigenvalue weighted by molar-refractivity contribution is -0.168. The van der Waals surface area contributed by atoms with Crippen LogP contribution in [0.2, 0.25) is 0 Å². The van der Waals surface area contributed by atoms with E-state index in [-0.39, 0.29) is 17.5 Å². The average Bonchev–Trinajstić information content (AvgIpc) is 2.85. The lowest BCUT2D eigenvalue weighted by Gasteiger charge is -2.19. The van der Waals surface area contributed by atoms with Gasteiger partial charge in [-0.2, -0.15) is 0 Å². The fourth-order valence-corrected chi connectivity index (χ4v) is 2.65. The topological polar surface area (TPSA) is 102 Å². The summed E-state index contributed by atoms with van der Waals surface area (Å²) in [4.78, 5) is 52.6. The third-order valence-corrected chi connectivity index (χ3v) is 3.93. The molecule has 1 aromatic rings. The number of hydrogen-bond acceptors (Lipinski definition) is 6. The van der Waals surface area contributed by atoms with E-state index in [1.165, 1.54) is 12.1 Å². The molecule has 8 heteroatoms. The number of imide groups is 1. The number of carbonyl (C=O) groups is 4. The van der Waals surface area contributed by atoms with Gasteiger partial charge in [0.2, 0.25) is 0 Å². The summed E-state index contributed by atoms with van der Waals surface area (Å²) < 4.78 is 5.13. The highest BCUT2D eigenvalue weighted by Crippen LogP contribution is 2.23. The summed E-state index contributed by atoms with van der Waals surface area (Å²) in [6.07, 6.45) is 2.55. The zero-order valence-corrected chi connectivity index (χ0v) is 16.4. The van der Waals surface area contributed by atoms with Crippen LogP contribution in [0.5, 0.6) is 0 Å². The van der Waals surface area contributed by atoms with Crippen LogP contribution < -0.4 is 5.32 Å². The Bertz CT molecular complexity index is 718. The molecule has 0 bridgehead atoms. The number of fused-ring (bicyclic) bond motifs is 1. The summed E-state index contributed by atoms with van der Waals surface area (Å²) in [6, 6.07) is 6.34. The number of nitrogens with one attached hydrogen (secondary N) is 1. The van der Waals surface area contributed by atoms with Gasteiger partial charge in [0.25, 0.3) is 11.8 Å². The molecular weight excluding hydrogens is 364 g/mol. The van der Waals surface area contributed by atoms with Crippen molar-refractivity contribution in [2.45, 2.75) is 58.5 Å². The fraction of sp³-hybridized carbons (Fsp3) is 0.500. The molecule has 0 saturated carbocycles. The van der Waals surface area contributed by atoms with Crippen molar-refractivity contribution in [3.05, 3.63) is 35.4 Å². The molecule has 1 aliphatic heterocycles. The third-order valence-electron chi connectivity index (χ3n) is 3.93. The van der Waals surface area contributed by atoms with Crippen molar-refractivity contribution in [2.75, 3.05) is 6.54 Å². The number of hydrogen-bond donors (Lipinski definition) is 1. The second kappa shape index (κ2) is 9.34. The maximum absolute atomic E-state index is 12.1. The summed E-state index contributed by atoms with van der Waals surface area (Å²) in [5.41, 5.74) is -0.0558. The van der Waals surface area contributed by atoms with E-state index in [4.69, 9.17) is 9.57 Å². The number of amides is 3. The maximum Gasteiger partial charge on any atom is 0.407 e. The van der Waals surface area contributed by atoms with E-state index in [2.05, 4.69) is 5.32 Å². The first kappa shape index (κ1) is 21.4. The minimum absolute atomic E-state index is 0.104. The van der Waals surface area contributed by atoms with Crippen molar-refractivity contribution in [2.24, 2.45) is 0 Å². The molecule has 1 aromatic carbocycles. The van der Waals surface area contributed by atoms with Crippen LogP contribution in [0.15, 0.2) is 24.3 Å². The third kappa shape index (κ3) is 6.07. The SMILES string of the molecule is CC(C)(C)OC(=O)NCCCCCCC(=O)ON1C(=O)c2ccccc2C1=O. The second-order valence-corrected chi connectivity index (χ2v) is 7.51. The van der Waals surface area contributed by atoms with E-state index in [0.29, 0.717) is 18.0 Å². The average molecular weight is 390 g/mol. The highest BCUT2D eigenvalue weighted by molar-refractivity contribution is 6.20. The van der Waals surface area contributed by atoms with Gasteiger partial charge < -0.3 is 14.9 Å². The zero-order chi connectivity index (χ0) is 20.7. The molecule has 3 amide bonds. The quantitative estimate of drug-likeness (QED) is 0.540. The molecule has 2 rings (SSSR count). The molecule has 0 fully saturated rings. The zero-order valence-electron chi connectivity index (χ0n) is 16.4. The molecule has 1 N–H and O–H groups in total. The van der Waals surface area contributed by atoms with Gasteiger partial charge in [-0.15, -0.1) is 0 Å². The van der Waals surface area contributed by atoms with Crippen LogP contribution in [0.3, 0.4) is 0 Å². The monoisotopic (exact) mass is 390 g/mol. The number of nitrogens with zero attached hydrogens (tertiary/aromatic N) is 1. The highest BCUT2D eigenvalue weighted by Gasteiger charge is 2.38. The van der Waals surface area contributed by atoms with Gasteiger partial charge in [0.1, 0.15) is 5.60 Å². The molecule has 0 aromatic heterocycles. The smallest absolute Gasteiger partial charge is 0.407 e. The molecule has 0 aliphatic carbocycles. The van der Waals surface area contributed by atoms with Crippen LogP contribution in [-0.4, -0.2) is 41.1 Å². The lowest BCUT2D eigenvalue weighted by atomic mass is 10.1. The van der Waals surface area contributed by atoms with E-state index in [1.807, 2.05) is 0 Å². The van der Waals surface area contributed by atoms with Gasteiger partial charge in [0.15, 0.2) is 0 Å². The summed E-state index contributed by atoms with van der Waals surface area (Å²) >= 11 is 0. The summed E-state index contributed by atoms with van der Waals surface area (Å²) in [5.74, 6) is -1.87. The molecule has 1 heterocycles. The van der Waals surface area contributed by atoms with E-state index in [0.717, 1.165) is 19.3 Å². The van der Waals surface area contributed by atoms with Crippen molar-refractivity contribution in [1.82, 2.24) is 10.4 Å². The number of unbranched alkanes of at least 4 members (excludes halogenated alkanes) is 3. The Morgan fingerprint density at radius 3 is 2.11 bits per heavy atom. The minimum Gasteiger partial charge on any atom is -0.444 e. The minimum atomic E-state index is -0.624. The van der Waals surface area contributed by atoms with Crippen LogP contribution in [0, 0.1) is 0 Å². The van der Waals surface area contributed by atoms with E-state index in [1.54, 1.807) is 32.9 Å². The van der Waals surface area contributed by atoms with Crippen LogP contribution in [0.25, 0.3) is 0 Å².